The minimum atomic E-state index is -0.457. The van der Waals surface area contributed by atoms with E-state index in [2.05, 4.69) is 0 Å². The Kier molecular flexibility index (Phi) is 3.03. The minimum absolute atomic E-state index is 0.273. The Morgan fingerprint density at radius 3 is 2.45 bits per heavy atom. The van der Waals surface area contributed by atoms with Crippen molar-refractivity contribution in [3.63, 3.8) is 0 Å². The maximum absolute atomic E-state index is 12.1. The number of ether oxygens (including phenoxy) is 2. The average Bonchev–Trinajstić information content (AvgIpc) is 2.48. The predicted molar refractivity (Wildman–Crippen MR) is 78.1 cm³/mol. The molecule has 0 N–H and O–H groups in total. The molecule has 2 aromatic carbocycles. The van der Waals surface area contributed by atoms with Gasteiger partial charge in [0, 0.05) is 10.8 Å². The Balaban J connectivity index is 2.60. The first kappa shape index (κ1) is 12.8. The fourth-order valence-corrected chi connectivity index (χ4v) is 2.57. The van der Waals surface area contributed by atoms with E-state index in [1.807, 2.05) is 0 Å². The maximum atomic E-state index is 12.1. The van der Waals surface area contributed by atoms with E-state index in [9.17, 15) is 4.79 Å². The van der Waals surface area contributed by atoms with Crippen molar-refractivity contribution in [2.24, 2.45) is 0 Å². The fraction of sp³-hybridized carbons (Fsp3) is 0.133. The van der Waals surface area contributed by atoms with Crippen LogP contribution in [-0.2, 0) is 0 Å². The van der Waals surface area contributed by atoms with Gasteiger partial charge in [-0.1, -0.05) is 17.7 Å². The number of methoxy groups -OCH3 is 2. The first-order chi connectivity index (χ1) is 9.67. The van der Waals surface area contributed by atoms with E-state index >= 15 is 0 Å². The molecule has 4 nitrogen and oxygen atoms in total. The summed E-state index contributed by atoms with van der Waals surface area (Å²) in [5.74, 6) is 1.05. The number of halogens is 1. The summed E-state index contributed by atoms with van der Waals surface area (Å²) in [4.78, 5) is 12.1. The normalized spacial score (nSPS) is 10.9. The topological polar surface area (TPSA) is 48.7 Å². The van der Waals surface area contributed by atoms with Crippen LogP contribution in [0, 0.1) is 0 Å². The van der Waals surface area contributed by atoms with Crippen molar-refractivity contribution >= 4 is 33.3 Å². The molecule has 5 heteroatoms. The van der Waals surface area contributed by atoms with Gasteiger partial charge in [-0.25, -0.2) is 4.79 Å². The molecular weight excluding hydrogens is 280 g/mol. The lowest BCUT2D eigenvalue weighted by Gasteiger charge is -2.10. The lowest BCUT2D eigenvalue weighted by atomic mass is 10.1. The van der Waals surface area contributed by atoms with Crippen molar-refractivity contribution in [3.8, 4) is 11.5 Å². The zero-order chi connectivity index (χ0) is 14.3. The molecule has 3 rings (SSSR count). The third-order valence-electron chi connectivity index (χ3n) is 3.21. The van der Waals surface area contributed by atoms with E-state index in [0.29, 0.717) is 33.2 Å². The summed E-state index contributed by atoms with van der Waals surface area (Å²) in [6, 6.07) is 8.76. The first-order valence-electron chi connectivity index (χ1n) is 5.93. The second-order valence-electron chi connectivity index (χ2n) is 4.23. The largest absolute Gasteiger partial charge is 0.496 e. The minimum Gasteiger partial charge on any atom is -0.496 e. The third-order valence-corrected chi connectivity index (χ3v) is 3.57. The van der Waals surface area contributed by atoms with Crippen molar-refractivity contribution in [2.45, 2.75) is 0 Å². The second-order valence-corrected chi connectivity index (χ2v) is 4.61. The van der Waals surface area contributed by atoms with Crippen LogP contribution < -0.4 is 15.1 Å². The highest BCUT2D eigenvalue weighted by Crippen LogP contribution is 2.37. The lowest BCUT2D eigenvalue weighted by molar-refractivity contribution is 0.414. The molecule has 0 unspecified atom stereocenters. The number of benzene rings is 2. The molecule has 0 saturated heterocycles. The first-order valence-corrected chi connectivity index (χ1v) is 6.31. The summed E-state index contributed by atoms with van der Waals surface area (Å²) in [6.07, 6.45) is 0. The van der Waals surface area contributed by atoms with E-state index in [1.54, 1.807) is 37.4 Å². The predicted octanol–water partition coefficient (Wildman–Crippen LogP) is 3.62. The van der Waals surface area contributed by atoms with Crippen molar-refractivity contribution in [1.82, 2.24) is 0 Å². The molecule has 0 bridgehead atoms. The van der Waals surface area contributed by atoms with Crippen molar-refractivity contribution < 1.29 is 13.9 Å². The molecule has 0 amide bonds. The van der Waals surface area contributed by atoms with Gasteiger partial charge < -0.3 is 13.9 Å². The van der Waals surface area contributed by atoms with Crippen LogP contribution in [0.25, 0.3) is 21.7 Å². The molecule has 0 atom stereocenters. The smallest absolute Gasteiger partial charge is 0.344 e. The van der Waals surface area contributed by atoms with Crippen LogP contribution in [0.1, 0.15) is 0 Å². The van der Waals surface area contributed by atoms with E-state index < -0.39 is 5.63 Å². The van der Waals surface area contributed by atoms with E-state index in [-0.39, 0.29) is 5.02 Å². The Hall–Kier alpha value is -2.20. The van der Waals surface area contributed by atoms with Crippen LogP contribution in [0.15, 0.2) is 39.5 Å². The monoisotopic (exact) mass is 290 g/mol. The van der Waals surface area contributed by atoms with Crippen LogP contribution in [-0.4, -0.2) is 14.2 Å². The van der Waals surface area contributed by atoms with Crippen LogP contribution >= 0.6 is 11.6 Å². The maximum Gasteiger partial charge on any atom is 0.344 e. The molecule has 0 saturated carbocycles. The highest BCUT2D eigenvalue weighted by Gasteiger charge is 2.16. The van der Waals surface area contributed by atoms with Gasteiger partial charge in [0.15, 0.2) is 5.58 Å². The second kappa shape index (κ2) is 4.72. The Morgan fingerprint density at radius 1 is 1.00 bits per heavy atom. The molecule has 1 aromatic heterocycles. The Labute approximate surface area is 119 Å². The van der Waals surface area contributed by atoms with Gasteiger partial charge >= 0.3 is 5.63 Å². The molecule has 1 heterocycles. The Bertz CT molecular complexity index is 867. The van der Waals surface area contributed by atoms with Gasteiger partial charge in [0.05, 0.1) is 19.6 Å². The number of rotatable bonds is 2. The molecule has 0 spiro atoms. The highest BCUT2D eigenvalue weighted by atomic mass is 35.5. The number of hydrogen-bond acceptors (Lipinski definition) is 4. The van der Waals surface area contributed by atoms with Crippen LogP contribution in [0.4, 0.5) is 0 Å². The summed E-state index contributed by atoms with van der Waals surface area (Å²) >= 11 is 6.21. The van der Waals surface area contributed by atoms with Crippen LogP contribution in [0.5, 0.6) is 11.5 Å². The zero-order valence-corrected chi connectivity index (χ0v) is 11.7. The molecule has 20 heavy (non-hydrogen) atoms. The molecule has 3 aromatic rings. The zero-order valence-electron chi connectivity index (χ0n) is 10.9. The SMILES string of the molecule is COc1ccc2c(oc(=O)c3cccc(OC)c32)c1Cl. The molecule has 0 aliphatic rings. The van der Waals surface area contributed by atoms with Gasteiger partial charge in [0.1, 0.15) is 16.5 Å². The molecule has 0 aliphatic carbocycles. The molecule has 0 radical (unpaired) electrons. The van der Waals surface area contributed by atoms with Gasteiger partial charge in [-0.15, -0.1) is 0 Å². The van der Waals surface area contributed by atoms with Crippen molar-refractivity contribution in [1.29, 1.82) is 0 Å². The van der Waals surface area contributed by atoms with Crippen molar-refractivity contribution in [3.05, 3.63) is 45.8 Å². The average molecular weight is 291 g/mol. The summed E-state index contributed by atoms with van der Waals surface area (Å²) in [6.45, 7) is 0. The fourth-order valence-electron chi connectivity index (χ4n) is 2.29. The quantitative estimate of drug-likeness (QED) is 0.534. The van der Waals surface area contributed by atoms with Crippen LogP contribution in [0.3, 0.4) is 0 Å². The molecular formula is C15H11ClO4. The van der Waals surface area contributed by atoms with Gasteiger partial charge in [-0.2, -0.15) is 0 Å². The lowest BCUT2D eigenvalue weighted by Crippen LogP contribution is -2.01. The standard InChI is InChI=1S/C15H11ClO4/c1-18-10-5-3-4-9-12(10)8-6-7-11(19-2)13(16)14(8)20-15(9)17/h3-7H,1-2H3. The molecule has 102 valence electrons. The van der Waals surface area contributed by atoms with E-state index in [1.165, 1.54) is 7.11 Å². The van der Waals surface area contributed by atoms with Gasteiger partial charge in [-0.3, -0.25) is 0 Å². The number of fused-ring (bicyclic) bond motifs is 3. The van der Waals surface area contributed by atoms with E-state index in [0.717, 1.165) is 0 Å². The molecule has 0 fully saturated rings. The molecule has 0 aliphatic heterocycles. The summed E-state index contributed by atoms with van der Waals surface area (Å²) in [5, 5.41) is 2.13. The van der Waals surface area contributed by atoms with Gasteiger partial charge in [0.2, 0.25) is 0 Å². The summed E-state index contributed by atoms with van der Waals surface area (Å²) in [5.41, 5.74) is -0.158. The van der Waals surface area contributed by atoms with Crippen LogP contribution in [0.2, 0.25) is 5.02 Å². The summed E-state index contributed by atoms with van der Waals surface area (Å²) < 4.78 is 15.8. The van der Waals surface area contributed by atoms with Gasteiger partial charge in [0.25, 0.3) is 0 Å². The van der Waals surface area contributed by atoms with E-state index in [4.69, 9.17) is 25.5 Å². The Morgan fingerprint density at radius 2 is 1.75 bits per heavy atom. The highest BCUT2D eigenvalue weighted by molar-refractivity contribution is 6.37. The third kappa shape index (κ3) is 1.72. The van der Waals surface area contributed by atoms with Gasteiger partial charge in [-0.05, 0) is 24.3 Å². The number of hydrogen-bond donors (Lipinski definition) is 0. The summed E-state index contributed by atoms with van der Waals surface area (Å²) in [7, 11) is 3.06. The van der Waals surface area contributed by atoms with Crippen molar-refractivity contribution in [2.75, 3.05) is 14.2 Å².